The molecule has 0 radical (unpaired) electrons. The lowest BCUT2D eigenvalue weighted by Gasteiger charge is -2.08. The van der Waals surface area contributed by atoms with E-state index in [0.717, 1.165) is 28.8 Å². The summed E-state index contributed by atoms with van der Waals surface area (Å²) in [6.45, 7) is 3.03. The van der Waals surface area contributed by atoms with E-state index in [-0.39, 0.29) is 5.75 Å². The molecule has 0 saturated heterocycles. The molecular formula is C11H15N5O3S2. The Bertz CT molecular complexity index is 613. The molecule has 2 rings (SSSR count). The van der Waals surface area contributed by atoms with E-state index in [1.54, 1.807) is 7.11 Å². The maximum absolute atomic E-state index is 10.7. The van der Waals surface area contributed by atoms with E-state index in [9.17, 15) is 4.79 Å². The molecule has 21 heavy (non-hydrogen) atoms. The normalized spacial score (nSPS) is 11.0. The molecule has 2 aromatic heterocycles. The zero-order valence-corrected chi connectivity index (χ0v) is 13.3. The first-order chi connectivity index (χ1) is 10.2. The smallest absolute Gasteiger partial charge is 0.313 e. The van der Waals surface area contributed by atoms with Crippen LogP contribution in [-0.2, 0) is 22.5 Å². The number of aryl methyl sites for hydroxylation is 1. The van der Waals surface area contributed by atoms with Gasteiger partial charge in [-0.1, -0.05) is 23.2 Å². The van der Waals surface area contributed by atoms with Crippen molar-refractivity contribution in [1.29, 1.82) is 0 Å². The molecule has 0 saturated carbocycles. The number of aliphatic carboxylic acids is 1. The standard InChI is InChI=1S/C11H15N5O3S2/c1-3-7-9(21-15-12-7)10-13-14-11(20-6-8(17)18)16(10)4-5-19-2/h3-6H2,1-2H3,(H,17,18). The summed E-state index contributed by atoms with van der Waals surface area (Å²) in [6, 6.07) is 0. The highest BCUT2D eigenvalue weighted by Crippen LogP contribution is 2.28. The van der Waals surface area contributed by atoms with Gasteiger partial charge in [-0.25, -0.2) is 0 Å². The lowest BCUT2D eigenvalue weighted by molar-refractivity contribution is -0.133. The van der Waals surface area contributed by atoms with Crippen molar-refractivity contribution in [3.63, 3.8) is 0 Å². The zero-order chi connectivity index (χ0) is 15.2. The summed E-state index contributed by atoms with van der Waals surface area (Å²) >= 11 is 2.40. The first kappa shape index (κ1) is 15.9. The highest BCUT2D eigenvalue weighted by Gasteiger charge is 2.19. The highest BCUT2D eigenvalue weighted by atomic mass is 32.2. The third-order valence-electron chi connectivity index (χ3n) is 2.65. The van der Waals surface area contributed by atoms with Crippen LogP contribution in [0.4, 0.5) is 0 Å². The molecule has 0 fully saturated rings. The van der Waals surface area contributed by atoms with Crippen LogP contribution in [0.15, 0.2) is 5.16 Å². The topological polar surface area (TPSA) is 103 Å². The summed E-state index contributed by atoms with van der Waals surface area (Å²) < 4.78 is 10.9. The number of rotatable bonds is 8. The van der Waals surface area contributed by atoms with Gasteiger partial charge >= 0.3 is 5.97 Å². The quantitative estimate of drug-likeness (QED) is 0.720. The van der Waals surface area contributed by atoms with Crippen LogP contribution in [0, 0.1) is 0 Å². The van der Waals surface area contributed by atoms with Gasteiger partial charge in [0.05, 0.1) is 24.6 Å². The molecule has 0 atom stereocenters. The molecule has 0 spiro atoms. The Morgan fingerprint density at radius 3 is 2.90 bits per heavy atom. The van der Waals surface area contributed by atoms with Gasteiger partial charge in [0.2, 0.25) is 0 Å². The van der Waals surface area contributed by atoms with E-state index in [4.69, 9.17) is 9.84 Å². The number of ether oxygens (including phenoxy) is 1. The van der Waals surface area contributed by atoms with Gasteiger partial charge in [-0.2, -0.15) is 0 Å². The van der Waals surface area contributed by atoms with E-state index in [1.807, 2.05) is 11.5 Å². The van der Waals surface area contributed by atoms with E-state index >= 15 is 0 Å². The van der Waals surface area contributed by atoms with Crippen molar-refractivity contribution in [2.24, 2.45) is 0 Å². The lowest BCUT2D eigenvalue weighted by Crippen LogP contribution is -2.09. The second-order valence-electron chi connectivity index (χ2n) is 4.04. The van der Waals surface area contributed by atoms with Crippen LogP contribution in [0.1, 0.15) is 12.6 Å². The summed E-state index contributed by atoms with van der Waals surface area (Å²) in [6.07, 6.45) is 0.751. The van der Waals surface area contributed by atoms with Crippen molar-refractivity contribution in [2.75, 3.05) is 19.5 Å². The molecule has 0 unspecified atom stereocenters. The summed E-state index contributed by atoms with van der Waals surface area (Å²) in [4.78, 5) is 11.6. The number of hydrogen-bond acceptors (Lipinski definition) is 8. The molecule has 2 heterocycles. The number of hydrogen-bond donors (Lipinski definition) is 1. The minimum atomic E-state index is -0.892. The number of nitrogens with zero attached hydrogens (tertiary/aromatic N) is 5. The fourth-order valence-electron chi connectivity index (χ4n) is 1.68. The van der Waals surface area contributed by atoms with Crippen LogP contribution in [0.5, 0.6) is 0 Å². The van der Waals surface area contributed by atoms with Crippen LogP contribution < -0.4 is 0 Å². The maximum Gasteiger partial charge on any atom is 0.313 e. The monoisotopic (exact) mass is 329 g/mol. The Kier molecular flexibility index (Phi) is 5.65. The van der Waals surface area contributed by atoms with Gasteiger partial charge in [0.15, 0.2) is 11.0 Å². The van der Waals surface area contributed by atoms with Crippen molar-refractivity contribution in [1.82, 2.24) is 24.4 Å². The molecule has 1 N–H and O–H groups in total. The lowest BCUT2D eigenvalue weighted by atomic mass is 10.3. The highest BCUT2D eigenvalue weighted by molar-refractivity contribution is 7.99. The predicted molar refractivity (Wildman–Crippen MR) is 78.5 cm³/mol. The van der Waals surface area contributed by atoms with Crippen LogP contribution >= 0.6 is 23.3 Å². The van der Waals surface area contributed by atoms with E-state index in [0.29, 0.717) is 24.1 Å². The molecule has 0 amide bonds. The van der Waals surface area contributed by atoms with Gasteiger partial charge in [-0.05, 0) is 18.0 Å². The predicted octanol–water partition coefficient (Wildman–Crippen LogP) is 1.18. The van der Waals surface area contributed by atoms with Gasteiger partial charge in [0.1, 0.15) is 4.88 Å². The van der Waals surface area contributed by atoms with Crippen molar-refractivity contribution in [3.8, 4) is 10.7 Å². The number of aromatic nitrogens is 5. The van der Waals surface area contributed by atoms with E-state index in [2.05, 4.69) is 19.8 Å². The zero-order valence-electron chi connectivity index (χ0n) is 11.6. The Hall–Kier alpha value is -1.52. The number of methoxy groups -OCH3 is 1. The SMILES string of the molecule is CCc1nnsc1-c1nnc(SCC(=O)O)n1CCOC. The van der Waals surface area contributed by atoms with Gasteiger partial charge in [0.25, 0.3) is 0 Å². The second-order valence-corrected chi connectivity index (χ2v) is 5.73. The molecule has 2 aromatic rings. The molecule has 0 aliphatic rings. The Labute approximate surface area is 129 Å². The molecule has 0 aliphatic heterocycles. The fraction of sp³-hybridized carbons (Fsp3) is 0.545. The maximum atomic E-state index is 10.7. The minimum Gasteiger partial charge on any atom is -0.481 e. The van der Waals surface area contributed by atoms with E-state index in [1.165, 1.54) is 11.5 Å². The Morgan fingerprint density at radius 1 is 1.43 bits per heavy atom. The van der Waals surface area contributed by atoms with Crippen LogP contribution in [0.25, 0.3) is 10.7 Å². The average Bonchev–Trinajstić information content (AvgIpc) is 3.08. The molecule has 0 aromatic carbocycles. The molecule has 10 heteroatoms. The van der Waals surface area contributed by atoms with Crippen LogP contribution in [0.3, 0.4) is 0 Å². The molecule has 8 nitrogen and oxygen atoms in total. The number of carbonyl (C=O) groups is 1. The Morgan fingerprint density at radius 2 is 2.24 bits per heavy atom. The minimum absolute atomic E-state index is 0.0628. The van der Waals surface area contributed by atoms with Crippen molar-refractivity contribution in [3.05, 3.63) is 5.69 Å². The first-order valence-corrected chi connectivity index (χ1v) is 8.01. The van der Waals surface area contributed by atoms with Gasteiger partial charge in [-0.15, -0.1) is 15.3 Å². The van der Waals surface area contributed by atoms with Crippen molar-refractivity contribution < 1.29 is 14.6 Å². The van der Waals surface area contributed by atoms with Crippen molar-refractivity contribution in [2.45, 2.75) is 25.0 Å². The number of carboxylic acid groups (broad SMARTS) is 1. The molecule has 0 bridgehead atoms. The summed E-state index contributed by atoms with van der Waals surface area (Å²) in [7, 11) is 1.61. The third-order valence-corrected chi connectivity index (χ3v) is 4.37. The number of carboxylic acids is 1. The van der Waals surface area contributed by atoms with Gasteiger partial charge < -0.3 is 9.84 Å². The molecule has 114 valence electrons. The number of thioether (sulfide) groups is 1. The largest absolute Gasteiger partial charge is 0.481 e. The summed E-state index contributed by atoms with van der Waals surface area (Å²) in [5, 5.41) is 21.7. The van der Waals surface area contributed by atoms with Gasteiger partial charge in [-0.3, -0.25) is 9.36 Å². The first-order valence-electron chi connectivity index (χ1n) is 6.25. The van der Waals surface area contributed by atoms with Gasteiger partial charge in [0, 0.05) is 7.11 Å². The van der Waals surface area contributed by atoms with E-state index < -0.39 is 5.97 Å². The summed E-state index contributed by atoms with van der Waals surface area (Å²) in [5.41, 5.74) is 0.862. The fourth-order valence-corrected chi connectivity index (χ4v) is 3.11. The molecular weight excluding hydrogens is 314 g/mol. The Balaban J connectivity index is 2.34. The second kappa shape index (κ2) is 7.48. The summed E-state index contributed by atoms with van der Waals surface area (Å²) in [5.74, 6) is -0.296. The molecule has 0 aliphatic carbocycles. The average molecular weight is 329 g/mol. The third kappa shape index (κ3) is 3.77. The van der Waals surface area contributed by atoms with Crippen LogP contribution in [0.2, 0.25) is 0 Å². The van der Waals surface area contributed by atoms with Crippen LogP contribution in [-0.4, -0.2) is 54.9 Å². The van der Waals surface area contributed by atoms with Crippen molar-refractivity contribution >= 4 is 29.3 Å².